The van der Waals surface area contributed by atoms with E-state index in [9.17, 15) is 13.6 Å². The van der Waals surface area contributed by atoms with Crippen molar-refractivity contribution in [2.75, 3.05) is 13.7 Å². The number of carbonyl (C=O) groups excluding carboxylic acids is 1. The van der Waals surface area contributed by atoms with E-state index in [2.05, 4.69) is 15.3 Å². The second-order valence-corrected chi connectivity index (χ2v) is 8.28. The van der Waals surface area contributed by atoms with Crippen LogP contribution in [0.3, 0.4) is 0 Å². The van der Waals surface area contributed by atoms with Crippen molar-refractivity contribution in [3.8, 4) is 5.75 Å². The maximum absolute atomic E-state index is 14.6. The van der Waals surface area contributed by atoms with Crippen molar-refractivity contribution in [1.82, 2.24) is 19.7 Å². The molecule has 3 aromatic rings. The van der Waals surface area contributed by atoms with E-state index in [0.717, 1.165) is 36.4 Å². The zero-order valence-electron chi connectivity index (χ0n) is 17.2. The molecule has 0 saturated heterocycles. The first-order valence-corrected chi connectivity index (χ1v) is 10.2. The minimum absolute atomic E-state index is 0.00214. The Morgan fingerprint density at radius 3 is 2.87 bits per heavy atom. The molecule has 9 heteroatoms. The summed E-state index contributed by atoms with van der Waals surface area (Å²) in [6, 6.07) is 4.04. The highest BCUT2D eigenvalue weighted by Gasteiger charge is 2.40. The third-order valence-corrected chi connectivity index (χ3v) is 5.95. The van der Waals surface area contributed by atoms with Crippen LogP contribution < -0.4 is 10.1 Å². The molecular formula is C22H22F2N4O3. The molecule has 1 aliphatic carbocycles. The van der Waals surface area contributed by atoms with Gasteiger partial charge in [0.25, 0.3) is 5.91 Å². The SMILES string of the molecule is COCc1cc(C2CC2)nc2c(C(=O)NC3(C)CCOc4c(F)ccc(F)c43)ncn12. The number of hydrogen-bond donors (Lipinski definition) is 1. The lowest BCUT2D eigenvalue weighted by Crippen LogP contribution is -2.47. The standard InChI is InChI=1S/C22H22F2N4O3/c1-22(7-8-31-19-15(24)6-5-14(23)17(19)22)27-21(29)18-20-26-16(12-3-4-12)9-13(10-30-2)28(20)11-25-18/h5-6,9,11-12H,3-4,7-8,10H2,1-2H3,(H,27,29). The number of halogens is 2. The highest BCUT2D eigenvalue weighted by molar-refractivity contribution is 5.98. The molecule has 2 aliphatic rings. The van der Waals surface area contributed by atoms with Crippen LogP contribution in [0, 0.1) is 11.6 Å². The summed E-state index contributed by atoms with van der Waals surface area (Å²) >= 11 is 0. The van der Waals surface area contributed by atoms with Crippen molar-refractivity contribution < 1.29 is 23.0 Å². The first-order valence-electron chi connectivity index (χ1n) is 10.2. The first kappa shape index (κ1) is 19.9. The fourth-order valence-electron chi connectivity index (χ4n) is 4.17. The number of rotatable bonds is 5. The van der Waals surface area contributed by atoms with Gasteiger partial charge < -0.3 is 14.8 Å². The molecule has 1 N–H and O–H groups in total. The summed E-state index contributed by atoms with van der Waals surface area (Å²) < 4.78 is 41.2. The zero-order valence-corrected chi connectivity index (χ0v) is 17.2. The number of methoxy groups -OCH3 is 1. The summed E-state index contributed by atoms with van der Waals surface area (Å²) in [5.74, 6) is -1.59. The highest BCUT2D eigenvalue weighted by atomic mass is 19.1. The molecule has 1 aliphatic heterocycles. The molecule has 0 radical (unpaired) electrons. The average Bonchev–Trinajstić information content (AvgIpc) is 3.49. The number of nitrogens with zero attached hydrogens (tertiary/aromatic N) is 3. The van der Waals surface area contributed by atoms with Gasteiger partial charge in [-0.2, -0.15) is 0 Å². The molecule has 1 saturated carbocycles. The number of benzene rings is 1. The van der Waals surface area contributed by atoms with E-state index in [-0.39, 0.29) is 30.0 Å². The Morgan fingerprint density at radius 1 is 1.35 bits per heavy atom. The Kier molecular flexibility index (Phi) is 4.65. The van der Waals surface area contributed by atoms with Crippen LogP contribution in [-0.4, -0.2) is 34.0 Å². The lowest BCUT2D eigenvalue weighted by Gasteiger charge is -2.36. The third-order valence-electron chi connectivity index (χ3n) is 5.95. The van der Waals surface area contributed by atoms with E-state index >= 15 is 0 Å². The van der Waals surface area contributed by atoms with Gasteiger partial charge in [-0.25, -0.2) is 18.7 Å². The lowest BCUT2D eigenvalue weighted by molar-refractivity contribution is 0.0863. The number of hydrogen-bond acceptors (Lipinski definition) is 5. The Bertz CT molecular complexity index is 1190. The Balaban J connectivity index is 1.54. The van der Waals surface area contributed by atoms with Crippen LogP contribution >= 0.6 is 0 Å². The second-order valence-electron chi connectivity index (χ2n) is 8.28. The van der Waals surface area contributed by atoms with E-state index in [1.54, 1.807) is 18.4 Å². The summed E-state index contributed by atoms with van der Waals surface area (Å²) in [7, 11) is 1.60. The predicted molar refractivity (Wildman–Crippen MR) is 107 cm³/mol. The van der Waals surface area contributed by atoms with Gasteiger partial charge in [0.15, 0.2) is 22.9 Å². The summed E-state index contributed by atoms with van der Waals surface area (Å²) in [5.41, 5.74) is 1.15. The van der Waals surface area contributed by atoms with Crippen LogP contribution in [0.1, 0.15) is 59.5 Å². The molecule has 1 atom stereocenters. The Labute approximate surface area is 177 Å². The summed E-state index contributed by atoms with van der Waals surface area (Å²) in [6.07, 6.45) is 3.94. The van der Waals surface area contributed by atoms with Gasteiger partial charge in [0.2, 0.25) is 0 Å². The smallest absolute Gasteiger partial charge is 0.274 e. The first-order chi connectivity index (χ1) is 14.9. The Hall–Kier alpha value is -3.07. The maximum Gasteiger partial charge on any atom is 0.274 e. The molecule has 1 unspecified atom stereocenters. The van der Waals surface area contributed by atoms with Crippen molar-refractivity contribution in [1.29, 1.82) is 0 Å². The lowest BCUT2D eigenvalue weighted by atomic mass is 9.85. The molecule has 1 fully saturated rings. The van der Waals surface area contributed by atoms with E-state index in [1.165, 1.54) is 6.33 Å². The minimum Gasteiger partial charge on any atom is -0.490 e. The molecule has 7 nitrogen and oxygen atoms in total. The number of aromatic nitrogens is 3. The fraction of sp³-hybridized carbons (Fsp3) is 0.409. The van der Waals surface area contributed by atoms with Gasteiger partial charge in [-0.15, -0.1) is 0 Å². The second kappa shape index (κ2) is 7.26. The van der Waals surface area contributed by atoms with Crippen LogP contribution in [0.4, 0.5) is 8.78 Å². The highest BCUT2D eigenvalue weighted by Crippen LogP contribution is 2.41. The third kappa shape index (κ3) is 3.33. The van der Waals surface area contributed by atoms with Crippen LogP contribution in [0.25, 0.3) is 5.65 Å². The average molecular weight is 428 g/mol. The van der Waals surface area contributed by atoms with Crippen molar-refractivity contribution in [2.24, 2.45) is 0 Å². The summed E-state index contributed by atoms with van der Waals surface area (Å²) in [5, 5.41) is 2.86. The quantitative estimate of drug-likeness (QED) is 0.674. The van der Waals surface area contributed by atoms with E-state index in [1.807, 2.05) is 6.07 Å². The van der Waals surface area contributed by atoms with Crippen LogP contribution in [0.2, 0.25) is 0 Å². The number of amides is 1. The van der Waals surface area contributed by atoms with E-state index < -0.39 is 23.1 Å². The topological polar surface area (TPSA) is 77.8 Å². The van der Waals surface area contributed by atoms with Gasteiger partial charge in [0.05, 0.1) is 30.0 Å². The van der Waals surface area contributed by atoms with Gasteiger partial charge in [0, 0.05) is 25.1 Å². The molecule has 0 spiro atoms. The Morgan fingerprint density at radius 2 is 2.13 bits per heavy atom. The number of nitrogens with one attached hydrogen (secondary N) is 1. The van der Waals surface area contributed by atoms with Gasteiger partial charge in [-0.05, 0) is 38.0 Å². The van der Waals surface area contributed by atoms with Gasteiger partial charge >= 0.3 is 0 Å². The summed E-state index contributed by atoms with van der Waals surface area (Å²) in [4.78, 5) is 22.2. The van der Waals surface area contributed by atoms with Crippen molar-refractivity contribution in [2.45, 2.75) is 44.2 Å². The van der Waals surface area contributed by atoms with Crippen LogP contribution in [0.5, 0.6) is 5.75 Å². The van der Waals surface area contributed by atoms with Crippen LogP contribution in [-0.2, 0) is 16.9 Å². The molecule has 162 valence electrons. The largest absolute Gasteiger partial charge is 0.490 e. The number of fused-ring (bicyclic) bond motifs is 2. The number of imidazole rings is 1. The number of ether oxygens (including phenoxy) is 2. The number of carbonyl (C=O) groups is 1. The molecule has 3 heterocycles. The van der Waals surface area contributed by atoms with Crippen LogP contribution in [0.15, 0.2) is 24.5 Å². The molecule has 0 bridgehead atoms. The molecule has 31 heavy (non-hydrogen) atoms. The predicted octanol–water partition coefficient (Wildman–Crippen LogP) is 3.46. The van der Waals surface area contributed by atoms with Crippen molar-refractivity contribution in [3.63, 3.8) is 0 Å². The minimum atomic E-state index is -1.16. The van der Waals surface area contributed by atoms with Crippen molar-refractivity contribution >= 4 is 11.6 Å². The van der Waals surface area contributed by atoms with E-state index in [4.69, 9.17) is 9.47 Å². The fourth-order valence-corrected chi connectivity index (χ4v) is 4.17. The van der Waals surface area contributed by atoms with Gasteiger partial charge in [-0.1, -0.05) is 0 Å². The monoisotopic (exact) mass is 428 g/mol. The summed E-state index contributed by atoms with van der Waals surface area (Å²) in [6.45, 7) is 2.16. The molecule has 5 rings (SSSR count). The van der Waals surface area contributed by atoms with E-state index in [0.29, 0.717) is 18.2 Å². The normalized spacial score (nSPS) is 20.4. The molecular weight excluding hydrogens is 406 g/mol. The maximum atomic E-state index is 14.6. The molecule has 1 amide bonds. The van der Waals surface area contributed by atoms with Crippen molar-refractivity contribution in [3.05, 3.63) is 58.8 Å². The van der Waals surface area contributed by atoms with Gasteiger partial charge in [-0.3, -0.25) is 9.20 Å². The molecule has 2 aromatic heterocycles. The zero-order chi connectivity index (χ0) is 21.8. The molecule has 1 aromatic carbocycles. The van der Waals surface area contributed by atoms with Gasteiger partial charge in [0.1, 0.15) is 12.1 Å².